The lowest BCUT2D eigenvalue weighted by molar-refractivity contribution is 0.295. The van der Waals surface area contributed by atoms with Crippen molar-refractivity contribution in [2.45, 2.75) is 18.9 Å². The molecule has 2 aromatic rings. The zero-order chi connectivity index (χ0) is 22.8. The van der Waals surface area contributed by atoms with Gasteiger partial charge < -0.3 is 14.7 Å². The number of benzene rings is 2. The number of fused-ring (bicyclic) bond motifs is 1. The maximum atomic E-state index is 12.1. The maximum absolute atomic E-state index is 12.1. The summed E-state index contributed by atoms with van der Waals surface area (Å²) in [5.41, 5.74) is 3.48. The van der Waals surface area contributed by atoms with Gasteiger partial charge in [0, 0.05) is 41.3 Å². The van der Waals surface area contributed by atoms with Crippen molar-refractivity contribution in [1.82, 2.24) is 9.62 Å². The molecule has 31 heavy (non-hydrogen) atoms. The van der Waals surface area contributed by atoms with E-state index < -0.39 is 17.8 Å². The van der Waals surface area contributed by atoms with Crippen LogP contribution >= 0.6 is 30.8 Å². The summed E-state index contributed by atoms with van der Waals surface area (Å²) < 4.78 is 39.8. The van der Waals surface area contributed by atoms with E-state index in [1.807, 2.05) is 25.2 Å². The van der Waals surface area contributed by atoms with Crippen molar-refractivity contribution in [3.8, 4) is 0 Å². The van der Waals surface area contributed by atoms with Gasteiger partial charge in [-0.3, -0.25) is 9.29 Å². The molecular formula is C19H24Cl2N3O5PS. The third kappa shape index (κ3) is 6.91. The van der Waals surface area contributed by atoms with Crippen molar-refractivity contribution in [3.63, 3.8) is 0 Å². The number of hydrogen-bond acceptors (Lipinski definition) is 4. The highest BCUT2D eigenvalue weighted by Crippen LogP contribution is 2.38. The number of rotatable bonds is 8. The maximum Gasteiger partial charge on any atom is 0.325 e. The van der Waals surface area contributed by atoms with E-state index in [1.54, 1.807) is 18.2 Å². The molecule has 1 unspecified atom stereocenters. The largest absolute Gasteiger partial charge is 0.325 e. The predicted octanol–water partition coefficient (Wildman–Crippen LogP) is 3.38. The molecule has 0 saturated heterocycles. The molecule has 0 aromatic heterocycles. The number of nitrogens with one attached hydrogen (secondary N) is 2. The molecule has 3 rings (SSSR count). The minimum absolute atomic E-state index is 0.0316. The van der Waals surface area contributed by atoms with Gasteiger partial charge in [0.2, 0.25) is 0 Å². The zero-order valence-corrected chi connectivity index (χ0v) is 20.0. The van der Waals surface area contributed by atoms with Crippen LogP contribution in [-0.2, 0) is 21.3 Å². The van der Waals surface area contributed by atoms with Crippen LogP contribution in [0.2, 0.25) is 10.0 Å². The molecule has 0 saturated carbocycles. The summed E-state index contributed by atoms with van der Waals surface area (Å²) in [6, 6.07) is 10.7. The molecule has 0 aliphatic carbocycles. The summed E-state index contributed by atoms with van der Waals surface area (Å²) in [4.78, 5) is 19.8. The van der Waals surface area contributed by atoms with Crippen molar-refractivity contribution in [2.24, 2.45) is 0 Å². The molecule has 0 amide bonds. The van der Waals surface area contributed by atoms with Gasteiger partial charge in [0.05, 0.1) is 6.16 Å². The lowest BCUT2D eigenvalue weighted by atomic mass is 9.85. The first-order valence-corrected chi connectivity index (χ1v) is 13.6. The lowest BCUT2D eigenvalue weighted by Crippen LogP contribution is -2.32. The van der Waals surface area contributed by atoms with Crippen LogP contribution in [0.1, 0.15) is 29.0 Å². The Hall–Kier alpha value is -1.16. The van der Waals surface area contributed by atoms with E-state index in [0.717, 1.165) is 29.8 Å². The van der Waals surface area contributed by atoms with E-state index in [4.69, 9.17) is 33.0 Å². The van der Waals surface area contributed by atoms with Crippen LogP contribution in [0.3, 0.4) is 0 Å². The Balaban J connectivity index is 1.70. The van der Waals surface area contributed by atoms with Crippen molar-refractivity contribution >= 4 is 46.7 Å². The molecule has 1 aliphatic heterocycles. The molecule has 0 radical (unpaired) electrons. The van der Waals surface area contributed by atoms with Gasteiger partial charge >= 0.3 is 7.60 Å². The molecule has 1 heterocycles. The summed E-state index contributed by atoms with van der Waals surface area (Å²) in [5.74, 6) is 0.0430. The lowest BCUT2D eigenvalue weighted by Gasteiger charge is -2.33. The molecule has 4 N–H and O–H groups in total. The third-order valence-corrected chi connectivity index (χ3v) is 7.52. The van der Waals surface area contributed by atoms with Gasteiger partial charge in [-0.25, -0.2) is 0 Å². The van der Waals surface area contributed by atoms with Gasteiger partial charge in [-0.15, -0.1) is 0 Å². The molecule has 8 nitrogen and oxygen atoms in total. The first-order chi connectivity index (χ1) is 14.4. The molecule has 170 valence electrons. The number of hydrogen-bond donors (Lipinski definition) is 4. The highest BCUT2D eigenvalue weighted by Gasteiger charge is 2.27. The third-order valence-electron chi connectivity index (χ3n) is 4.98. The second kappa shape index (κ2) is 9.77. The van der Waals surface area contributed by atoms with Gasteiger partial charge in [0.1, 0.15) is 0 Å². The SMILES string of the molecule is CN1Cc2c(Cl)cc(Cl)cc2C(c2ccc(NS(=O)(=O)NCCCP(=O)(O)O)cc2)C1. The first-order valence-electron chi connectivity index (χ1n) is 9.52. The molecular weight excluding hydrogens is 484 g/mol. The average Bonchev–Trinajstić information content (AvgIpc) is 2.65. The Morgan fingerprint density at radius 2 is 1.87 bits per heavy atom. The molecule has 1 aliphatic rings. The van der Waals surface area contributed by atoms with Gasteiger partial charge in [-0.05, 0) is 54.4 Å². The van der Waals surface area contributed by atoms with E-state index in [2.05, 4.69) is 14.3 Å². The van der Waals surface area contributed by atoms with Gasteiger partial charge in [-0.2, -0.15) is 13.1 Å². The molecule has 0 spiro atoms. The van der Waals surface area contributed by atoms with E-state index in [0.29, 0.717) is 15.7 Å². The monoisotopic (exact) mass is 507 g/mol. The van der Waals surface area contributed by atoms with Crippen molar-refractivity contribution in [1.29, 1.82) is 0 Å². The predicted molar refractivity (Wildman–Crippen MR) is 123 cm³/mol. The number of anilines is 1. The topological polar surface area (TPSA) is 119 Å². The second-order valence-corrected chi connectivity index (χ2v) is 11.7. The van der Waals surface area contributed by atoms with Crippen molar-refractivity contribution in [2.75, 3.05) is 31.0 Å². The van der Waals surface area contributed by atoms with Gasteiger partial charge in [-0.1, -0.05) is 35.3 Å². The Kier molecular flexibility index (Phi) is 7.71. The van der Waals surface area contributed by atoms with Crippen LogP contribution < -0.4 is 9.44 Å². The Morgan fingerprint density at radius 3 is 2.52 bits per heavy atom. The standard InChI is InChI=1S/C19H24Cl2N3O5PS/c1-24-11-17(16-9-14(20)10-19(21)18(16)12-24)13-3-5-15(6-4-13)23-31(28,29)22-7-2-8-30(25,26)27/h3-6,9-10,17,22-23H,2,7-8,11-12H2,1H3,(H2,25,26,27). The minimum atomic E-state index is -4.14. The van der Waals surface area contributed by atoms with Crippen LogP contribution in [0.5, 0.6) is 0 Å². The fourth-order valence-corrected chi connectivity index (χ4v) is 5.67. The fraction of sp³-hybridized carbons (Fsp3) is 0.368. The van der Waals surface area contributed by atoms with E-state index >= 15 is 0 Å². The minimum Gasteiger partial charge on any atom is -0.324 e. The highest BCUT2D eigenvalue weighted by molar-refractivity contribution is 7.90. The number of likely N-dealkylation sites (N-methyl/N-ethyl adjacent to an activating group) is 1. The van der Waals surface area contributed by atoms with E-state index in [-0.39, 0.29) is 25.0 Å². The van der Waals surface area contributed by atoms with E-state index in [1.165, 1.54) is 0 Å². The number of nitrogens with zero attached hydrogens (tertiary/aromatic N) is 1. The quantitative estimate of drug-likeness (QED) is 0.321. The Labute approximate surface area is 191 Å². The molecule has 2 aromatic carbocycles. The normalized spacial score (nSPS) is 17.4. The highest BCUT2D eigenvalue weighted by atomic mass is 35.5. The summed E-state index contributed by atoms with van der Waals surface area (Å²) in [6.07, 6.45) is -0.348. The average molecular weight is 508 g/mol. The summed E-state index contributed by atoms with van der Waals surface area (Å²) in [7, 11) is -5.98. The Bertz CT molecular complexity index is 1090. The Morgan fingerprint density at radius 1 is 1.19 bits per heavy atom. The van der Waals surface area contributed by atoms with Crippen LogP contribution in [0.4, 0.5) is 5.69 Å². The molecule has 12 heteroatoms. The van der Waals surface area contributed by atoms with Crippen LogP contribution in [0, 0.1) is 0 Å². The molecule has 0 bridgehead atoms. The van der Waals surface area contributed by atoms with Crippen LogP contribution in [0.25, 0.3) is 0 Å². The van der Waals surface area contributed by atoms with E-state index in [9.17, 15) is 13.0 Å². The van der Waals surface area contributed by atoms with Crippen LogP contribution in [-0.4, -0.2) is 49.4 Å². The number of halogens is 2. The fourth-order valence-electron chi connectivity index (χ4n) is 3.60. The molecule has 0 fully saturated rings. The van der Waals surface area contributed by atoms with Crippen molar-refractivity contribution in [3.05, 3.63) is 63.1 Å². The molecule has 1 atom stereocenters. The summed E-state index contributed by atoms with van der Waals surface area (Å²) >= 11 is 12.6. The summed E-state index contributed by atoms with van der Waals surface area (Å²) in [6.45, 7) is 1.43. The zero-order valence-electron chi connectivity index (χ0n) is 16.8. The van der Waals surface area contributed by atoms with Gasteiger partial charge in [0.25, 0.3) is 10.2 Å². The van der Waals surface area contributed by atoms with Crippen molar-refractivity contribution < 1.29 is 22.8 Å². The summed E-state index contributed by atoms with van der Waals surface area (Å²) in [5, 5.41) is 1.21. The first kappa shape index (κ1) is 24.5. The van der Waals surface area contributed by atoms with Crippen LogP contribution in [0.15, 0.2) is 36.4 Å². The second-order valence-electron chi connectivity index (χ2n) is 7.57. The van der Waals surface area contributed by atoms with Gasteiger partial charge in [0.15, 0.2) is 0 Å². The smallest absolute Gasteiger partial charge is 0.324 e.